The predicted octanol–water partition coefficient (Wildman–Crippen LogP) is 1.55. The third-order valence-electron chi connectivity index (χ3n) is 3.76. The van der Waals surface area contributed by atoms with Crippen molar-refractivity contribution in [1.82, 2.24) is 0 Å². The number of esters is 1. The lowest BCUT2D eigenvalue weighted by atomic mass is 9.91. The van der Waals surface area contributed by atoms with Crippen molar-refractivity contribution in [3.63, 3.8) is 0 Å². The zero-order valence-corrected chi connectivity index (χ0v) is 12.7. The molecule has 1 aliphatic rings. The summed E-state index contributed by atoms with van der Waals surface area (Å²) in [5, 5.41) is 40.0. The summed E-state index contributed by atoms with van der Waals surface area (Å²) in [4.78, 5) is 10.9. The van der Waals surface area contributed by atoms with Crippen LogP contribution in [0.1, 0.15) is 30.3 Å². The molecule has 0 radical (unpaired) electrons. The number of hydrogen-bond acceptors (Lipinski definition) is 7. The van der Waals surface area contributed by atoms with Gasteiger partial charge < -0.3 is 29.9 Å². The van der Waals surface area contributed by atoms with E-state index in [1.165, 1.54) is 25.1 Å². The Hall–Kier alpha value is -2.77. The van der Waals surface area contributed by atoms with E-state index in [0.29, 0.717) is 11.3 Å². The summed E-state index contributed by atoms with van der Waals surface area (Å²) in [7, 11) is 0. The number of hydrogen-bond donors (Lipinski definition) is 4. The summed E-state index contributed by atoms with van der Waals surface area (Å²) in [6, 6.07) is 8.57. The van der Waals surface area contributed by atoms with Crippen molar-refractivity contribution in [2.24, 2.45) is 0 Å². The number of carbonyl (C=O) groups excluding carboxylic acids is 1. The van der Waals surface area contributed by atoms with Crippen LogP contribution in [0.25, 0.3) is 0 Å². The maximum absolute atomic E-state index is 10.9. The number of ether oxygens (including phenoxy) is 2. The Labute approximate surface area is 137 Å². The SMILES string of the molecule is CC(=O)Oc1ccc([C@H]2Oc3cc(O)cc(O)c3[C@@H](O)[C@@H]2O)cc1. The summed E-state index contributed by atoms with van der Waals surface area (Å²) < 4.78 is 10.6. The van der Waals surface area contributed by atoms with Crippen LogP contribution in [0.3, 0.4) is 0 Å². The van der Waals surface area contributed by atoms with Crippen LogP contribution in [0.5, 0.6) is 23.0 Å². The first kappa shape index (κ1) is 16.1. The van der Waals surface area contributed by atoms with Crippen LogP contribution in [-0.4, -0.2) is 32.5 Å². The molecular weight excluding hydrogens is 316 g/mol. The fourth-order valence-corrected chi connectivity index (χ4v) is 2.69. The second kappa shape index (κ2) is 6.03. The molecule has 0 aromatic heterocycles. The molecule has 1 aliphatic heterocycles. The van der Waals surface area contributed by atoms with Crippen molar-refractivity contribution in [2.45, 2.75) is 25.2 Å². The Morgan fingerprint density at radius 1 is 1.12 bits per heavy atom. The number of rotatable bonds is 2. The van der Waals surface area contributed by atoms with E-state index in [2.05, 4.69) is 0 Å². The highest BCUT2D eigenvalue weighted by Crippen LogP contribution is 2.46. The number of benzene rings is 2. The largest absolute Gasteiger partial charge is 0.508 e. The zero-order valence-electron chi connectivity index (χ0n) is 12.7. The Morgan fingerprint density at radius 3 is 2.42 bits per heavy atom. The highest BCUT2D eigenvalue weighted by atomic mass is 16.5. The van der Waals surface area contributed by atoms with Crippen molar-refractivity contribution in [2.75, 3.05) is 0 Å². The number of aromatic hydroxyl groups is 2. The molecule has 0 aliphatic carbocycles. The van der Waals surface area contributed by atoms with Crippen LogP contribution in [0.15, 0.2) is 36.4 Å². The molecule has 7 heteroatoms. The van der Waals surface area contributed by atoms with Crippen molar-refractivity contribution < 1.29 is 34.7 Å². The third kappa shape index (κ3) is 2.86. The summed E-state index contributed by atoms with van der Waals surface area (Å²) in [5.41, 5.74) is 0.555. The standard InChI is InChI=1S/C17H16O7/c1-8(18)23-11-4-2-9(3-5-11)17-16(22)15(21)14-12(20)6-10(19)7-13(14)24-17/h2-7,15-17,19-22H,1H3/t15-,16+,17-/m1/s1. The second-order valence-corrected chi connectivity index (χ2v) is 5.51. The van der Waals surface area contributed by atoms with Gasteiger partial charge in [0.2, 0.25) is 0 Å². The van der Waals surface area contributed by atoms with E-state index in [9.17, 15) is 25.2 Å². The fraction of sp³-hybridized carbons (Fsp3) is 0.235. The normalized spacial score (nSPS) is 22.4. The van der Waals surface area contributed by atoms with Crippen LogP contribution in [0.2, 0.25) is 0 Å². The number of fused-ring (bicyclic) bond motifs is 1. The summed E-state index contributed by atoms with van der Waals surface area (Å²) in [6.45, 7) is 1.29. The Balaban J connectivity index is 1.93. The molecule has 1 heterocycles. The lowest BCUT2D eigenvalue weighted by molar-refractivity contribution is -0.131. The number of carbonyl (C=O) groups is 1. The van der Waals surface area contributed by atoms with Crippen LogP contribution in [-0.2, 0) is 4.79 Å². The highest BCUT2D eigenvalue weighted by molar-refractivity contribution is 5.69. The van der Waals surface area contributed by atoms with Crippen molar-refractivity contribution in [3.8, 4) is 23.0 Å². The zero-order chi connectivity index (χ0) is 17.4. The number of phenols is 2. The molecule has 3 rings (SSSR count). The van der Waals surface area contributed by atoms with Gasteiger partial charge in [0.25, 0.3) is 0 Å². The molecule has 126 valence electrons. The quantitative estimate of drug-likeness (QED) is 0.487. The lowest BCUT2D eigenvalue weighted by Crippen LogP contribution is -2.34. The van der Waals surface area contributed by atoms with Gasteiger partial charge in [0.1, 0.15) is 35.2 Å². The maximum Gasteiger partial charge on any atom is 0.308 e. The van der Waals surface area contributed by atoms with Gasteiger partial charge >= 0.3 is 5.97 Å². The van der Waals surface area contributed by atoms with E-state index in [4.69, 9.17) is 9.47 Å². The molecule has 2 aromatic carbocycles. The molecule has 0 saturated heterocycles. The molecule has 7 nitrogen and oxygen atoms in total. The van der Waals surface area contributed by atoms with E-state index in [1.54, 1.807) is 12.1 Å². The molecule has 0 bridgehead atoms. The van der Waals surface area contributed by atoms with Gasteiger partial charge in [-0.1, -0.05) is 12.1 Å². The van der Waals surface area contributed by atoms with Crippen molar-refractivity contribution >= 4 is 5.97 Å². The van der Waals surface area contributed by atoms with Crippen LogP contribution >= 0.6 is 0 Å². The minimum Gasteiger partial charge on any atom is -0.508 e. The van der Waals surface area contributed by atoms with Gasteiger partial charge in [-0.05, 0) is 17.7 Å². The molecule has 0 amide bonds. The minimum atomic E-state index is -1.38. The molecule has 4 N–H and O–H groups in total. The van der Waals surface area contributed by atoms with Gasteiger partial charge in [-0.2, -0.15) is 0 Å². The first-order valence-electron chi connectivity index (χ1n) is 7.24. The van der Waals surface area contributed by atoms with E-state index in [0.717, 1.165) is 6.07 Å². The van der Waals surface area contributed by atoms with Crippen LogP contribution in [0.4, 0.5) is 0 Å². The number of aliphatic hydroxyl groups is 2. The average molecular weight is 332 g/mol. The van der Waals surface area contributed by atoms with E-state index < -0.39 is 24.3 Å². The first-order chi connectivity index (χ1) is 11.4. The van der Waals surface area contributed by atoms with Gasteiger partial charge in [0.15, 0.2) is 6.10 Å². The Morgan fingerprint density at radius 2 is 1.79 bits per heavy atom. The monoisotopic (exact) mass is 332 g/mol. The van der Waals surface area contributed by atoms with Gasteiger partial charge in [-0.3, -0.25) is 4.79 Å². The van der Waals surface area contributed by atoms with Crippen molar-refractivity contribution in [3.05, 3.63) is 47.5 Å². The van der Waals surface area contributed by atoms with E-state index in [1.807, 2.05) is 0 Å². The third-order valence-corrected chi connectivity index (χ3v) is 3.76. The summed E-state index contributed by atoms with van der Waals surface area (Å²) in [5.74, 6) is -0.613. The summed E-state index contributed by atoms with van der Waals surface area (Å²) in [6.07, 6.45) is -3.62. The minimum absolute atomic E-state index is 0.0214. The maximum atomic E-state index is 10.9. The molecule has 0 saturated carbocycles. The molecule has 0 unspecified atom stereocenters. The molecular formula is C17H16O7. The van der Waals surface area contributed by atoms with Gasteiger partial charge in [0.05, 0.1) is 5.56 Å². The number of phenolic OH excluding ortho intramolecular Hbond substituents is 2. The van der Waals surface area contributed by atoms with Gasteiger partial charge in [-0.25, -0.2) is 0 Å². The molecule has 0 spiro atoms. The second-order valence-electron chi connectivity index (χ2n) is 5.51. The Bertz CT molecular complexity index is 769. The molecule has 0 fully saturated rings. The summed E-state index contributed by atoms with van der Waals surface area (Å²) >= 11 is 0. The van der Waals surface area contributed by atoms with Crippen molar-refractivity contribution in [1.29, 1.82) is 0 Å². The average Bonchev–Trinajstić information content (AvgIpc) is 2.50. The fourth-order valence-electron chi connectivity index (χ4n) is 2.69. The molecule has 3 atom stereocenters. The molecule has 2 aromatic rings. The number of aliphatic hydroxyl groups excluding tert-OH is 2. The molecule has 24 heavy (non-hydrogen) atoms. The van der Waals surface area contributed by atoms with Gasteiger partial charge in [-0.15, -0.1) is 0 Å². The van der Waals surface area contributed by atoms with E-state index >= 15 is 0 Å². The van der Waals surface area contributed by atoms with Gasteiger partial charge in [0, 0.05) is 19.1 Å². The van der Waals surface area contributed by atoms with Crippen LogP contribution < -0.4 is 9.47 Å². The smallest absolute Gasteiger partial charge is 0.308 e. The highest BCUT2D eigenvalue weighted by Gasteiger charge is 2.39. The lowest BCUT2D eigenvalue weighted by Gasteiger charge is -2.34. The van der Waals surface area contributed by atoms with E-state index in [-0.39, 0.29) is 22.8 Å². The topological polar surface area (TPSA) is 116 Å². The van der Waals surface area contributed by atoms with Crippen LogP contribution in [0, 0.1) is 0 Å². The predicted molar refractivity (Wildman–Crippen MR) is 81.9 cm³/mol. The first-order valence-corrected chi connectivity index (χ1v) is 7.24. The Kier molecular flexibility index (Phi) is 4.04.